The van der Waals surface area contributed by atoms with Gasteiger partial charge in [0.15, 0.2) is 11.7 Å². The highest BCUT2D eigenvalue weighted by molar-refractivity contribution is 7.92. The third-order valence-corrected chi connectivity index (χ3v) is 7.10. The molecule has 1 aliphatic rings. The lowest BCUT2D eigenvalue weighted by Gasteiger charge is -2.10. The van der Waals surface area contributed by atoms with Gasteiger partial charge in [0.2, 0.25) is 0 Å². The molecule has 2 aromatic carbocycles. The molecule has 4 rings (SSSR count). The largest absolute Gasteiger partial charge is 0.501 e. The summed E-state index contributed by atoms with van der Waals surface area (Å²) in [6.45, 7) is 0. The Balaban J connectivity index is 1.65. The van der Waals surface area contributed by atoms with E-state index in [4.69, 9.17) is 0 Å². The lowest BCUT2D eigenvalue weighted by atomic mass is 10.1. The van der Waals surface area contributed by atoms with E-state index in [0.29, 0.717) is 11.4 Å². The second-order valence-corrected chi connectivity index (χ2v) is 9.81. The Labute approximate surface area is 174 Å². The number of nitrogens with one attached hydrogen (secondary N) is 1. The van der Waals surface area contributed by atoms with Crippen LogP contribution in [0.25, 0.3) is 11.4 Å². The molecule has 2 heterocycles. The van der Waals surface area contributed by atoms with Gasteiger partial charge in [-0.2, -0.15) is 21.6 Å². The van der Waals surface area contributed by atoms with Crippen LogP contribution in [0.1, 0.15) is 5.56 Å². The van der Waals surface area contributed by atoms with E-state index in [1.807, 2.05) is 0 Å². The molecule has 0 fully saturated rings. The highest BCUT2D eigenvalue weighted by Crippen LogP contribution is 2.32. The molecule has 1 aliphatic heterocycles. The van der Waals surface area contributed by atoms with Gasteiger partial charge in [-0.3, -0.25) is 0 Å². The van der Waals surface area contributed by atoms with E-state index in [1.165, 1.54) is 24.5 Å². The Bertz CT molecular complexity index is 1400. The normalized spacial score (nSPS) is 15.3. The first kappa shape index (κ1) is 20.9. The van der Waals surface area contributed by atoms with Gasteiger partial charge in [0.25, 0.3) is 19.9 Å². The zero-order valence-electron chi connectivity index (χ0n) is 15.2. The number of aromatic nitrogens is 2. The fourth-order valence-corrected chi connectivity index (χ4v) is 4.78. The Morgan fingerprint density at radius 3 is 2.19 bits per heavy atom. The summed E-state index contributed by atoms with van der Waals surface area (Å²) >= 11 is 0. The molecule has 8 nitrogen and oxygen atoms in total. The molecule has 1 aromatic heterocycles. The maximum absolute atomic E-state index is 12.7. The summed E-state index contributed by atoms with van der Waals surface area (Å²) < 4.78 is 89.5. The predicted molar refractivity (Wildman–Crippen MR) is 104 cm³/mol. The number of benzene rings is 2. The Morgan fingerprint density at radius 1 is 0.935 bits per heavy atom. The van der Waals surface area contributed by atoms with Crippen LogP contribution in [0, 0.1) is 0 Å². The topological polar surface area (TPSA) is 118 Å². The standard InChI is InChI=1S/C18H11F3N4O4S2/c19-18(20,21)30(26,27)13-5-3-12(4-6-13)24-17-14-7-2-11(16-22-8-1-9-23-16)10-15(14)31(28,29)25-17/h1-10H,(H,24,25). The van der Waals surface area contributed by atoms with Crippen molar-refractivity contribution in [3.8, 4) is 11.4 Å². The first-order valence-corrected chi connectivity index (χ1v) is 11.4. The summed E-state index contributed by atoms with van der Waals surface area (Å²) in [5, 5.41) is 2.69. The molecule has 0 saturated carbocycles. The molecule has 13 heteroatoms. The molecule has 1 N–H and O–H groups in total. The first-order valence-electron chi connectivity index (χ1n) is 8.44. The minimum absolute atomic E-state index is 0.0537. The summed E-state index contributed by atoms with van der Waals surface area (Å²) in [5.41, 5.74) is -4.57. The smallest absolute Gasteiger partial charge is 0.339 e. The molecule has 160 valence electrons. The van der Waals surface area contributed by atoms with Gasteiger partial charge in [-0.05, 0) is 42.5 Å². The average molecular weight is 468 g/mol. The molecule has 0 atom stereocenters. The highest BCUT2D eigenvalue weighted by Gasteiger charge is 2.46. The van der Waals surface area contributed by atoms with Crippen LogP contribution in [0.3, 0.4) is 0 Å². The average Bonchev–Trinajstić information content (AvgIpc) is 2.97. The maximum Gasteiger partial charge on any atom is 0.501 e. The van der Waals surface area contributed by atoms with Gasteiger partial charge < -0.3 is 5.32 Å². The summed E-state index contributed by atoms with van der Waals surface area (Å²) in [6, 6.07) is 9.79. The fraction of sp³-hybridized carbons (Fsp3) is 0.0556. The van der Waals surface area contributed by atoms with E-state index in [2.05, 4.69) is 19.7 Å². The molecule has 3 aromatic rings. The lowest BCUT2D eigenvalue weighted by molar-refractivity contribution is -0.0436. The number of hydrogen-bond acceptors (Lipinski definition) is 7. The van der Waals surface area contributed by atoms with Crippen molar-refractivity contribution >= 4 is 31.4 Å². The zero-order valence-corrected chi connectivity index (χ0v) is 16.8. The van der Waals surface area contributed by atoms with Crippen molar-refractivity contribution in [2.24, 2.45) is 4.40 Å². The van der Waals surface area contributed by atoms with E-state index in [9.17, 15) is 30.0 Å². The number of sulfonamides is 1. The quantitative estimate of drug-likeness (QED) is 0.628. The first-order chi connectivity index (χ1) is 14.5. The van der Waals surface area contributed by atoms with Crippen molar-refractivity contribution in [2.75, 3.05) is 5.32 Å². The van der Waals surface area contributed by atoms with E-state index in [-0.39, 0.29) is 22.0 Å². The minimum Gasteiger partial charge on any atom is -0.339 e. The van der Waals surface area contributed by atoms with Crippen LogP contribution in [-0.2, 0) is 19.9 Å². The Hall–Kier alpha value is -3.32. The van der Waals surface area contributed by atoms with Crippen molar-refractivity contribution in [3.63, 3.8) is 0 Å². The molecule has 0 saturated heterocycles. The molecule has 0 spiro atoms. The van der Waals surface area contributed by atoms with E-state index >= 15 is 0 Å². The predicted octanol–water partition coefficient (Wildman–Crippen LogP) is 3.00. The molecule has 0 bridgehead atoms. The van der Waals surface area contributed by atoms with Crippen LogP contribution in [-0.4, -0.2) is 38.1 Å². The molecule has 0 amide bonds. The summed E-state index contributed by atoms with van der Waals surface area (Å²) in [6.07, 6.45) is 3.02. The number of fused-ring (bicyclic) bond motifs is 1. The molecule has 31 heavy (non-hydrogen) atoms. The number of alkyl halides is 3. The number of nitrogens with zero attached hydrogens (tertiary/aromatic N) is 3. The van der Waals surface area contributed by atoms with Crippen molar-refractivity contribution in [1.29, 1.82) is 0 Å². The van der Waals surface area contributed by atoms with Crippen molar-refractivity contribution in [2.45, 2.75) is 15.3 Å². The second kappa shape index (κ2) is 7.13. The minimum atomic E-state index is -5.48. The zero-order chi connectivity index (χ0) is 22.4. The Morgan fingerprint density at radius 2 is 1.58 bits per heavy atom. The molecular formula is C18H11F3N4O4S2. The Kier molecular flexibility index (Phi) is 4.81. The van der Waals surface area contributed by atoms with Crippen LogP contribution in [0.4, 0.5) is 18.9 Å². The van der Waals surface area contributed by atoms with Crippen LogP contribution >= 0.6 is 0 Å². The fourth-order valence-electron chi connectivity index (χ4n) is 2.82. The highest BCUT2D eigenvalue weighted by atomic mass is 32.2. The SMILES string of the molecule is O=S1(=O)N=C(Nc2ccc(S(=O)(=O)C(F)(F)F)cc2)c2ccc(-c3ncccn3)cc21. The second-order valence-electron chi connectivity index (χ2n) is 6.30. The van der Waals surface area contributed by atoms with Crippen molar-refractivity contribution in [3.05, 3.63) is 66.5 Å². The van der Waals surface area contributed by atoms with Crippen LogP contribution in [0.5, 0.6) is 0 Å². The number of hydrogen-bond donors (Lipinski definition) is 1. The third kappa shape index (κ3) is 3.77. The van der Waals surface area contributed by atoms with Gasteiger partial charge in [0.1, 0.15) is 4.90 Å². The van der Waals surface area contributed by atoms with Gasteiger partial charge >= 0.3 is 5.51 Å². The molecule has 0 unspecified atom stereocenters. The van der Waals surface area contributed by atoms with Gasteiger partial charge in [-0.25, -0.2) is 18.4 Å². The van der Waals surface area contributed by atoms with E-state index in [1.54, 1.807) is 12.1 Å². The monoisotopic (exact) mass is 468 g/mol. The summed E-state index contributed by atoms with van der Waals surface area (Å²) in [7, 11) is -9.52. The number of sulfone groups is 1. The third-order valence-electron chi connectivity index (χ3n) is 4.28. The van der Waals surface area contributed by atoms with E-state index in [0.717, 1.165) is 24.3 Å². The van der Waals surface area contributed by atoms with Crippen LogP contribution in [0.15, 0.2) is 75.1 Å². The molecular weight excluding hydrogens is 457 g/mol. The molecule has 0 aliphatic carbocycles. The van der Waals surface area contributed by atoms with E-state index < -0.39 is 30.3 Å². The van der Waals surface area contributed by atoms with Crippen molar-refractivity contribution in [1.82, 2.24) is 9.97 Å². The van der Waals surface area contributed by atoms with Gasteiger partial charge in [0.05, 0.1) is 4.90 Å². The van der Waals surface area contributed by atoms with Crippen molar-refractivity contribution < 1.29 is 30.0 Å². The maximum atomic E-state index is 12.7. The van der Waals surface area contributed by atoms with Crippen LogP contribution < -0.4 is 5.32 Å². The lowest BCUT2D eigenvalue weighted by Crippen LogP contribution is -2.23. The van der Waals surface area contributed by atoms with Gasteiger partial charge in [0, 0.05) is 29.2 Å². The molecule has 0 radical (unpaired) electrons. The van der Waals surface area contributed by atoms with Gasteiger partial charge in [-0.1, -0.05) is 6.07 Å². The number of rotatable bonds is 3. The summed E-state index contributed by atoms with van der Waals surface area (Å²) in [4.78, 5) is 7.11. The van der Waals surface area contributed by atoms with Gasteiger partial charge in [-0.15, -0.1) is 4.40 Å². The number of anilines is 1. The number of halogens is 3. The summed E-state index contributed by atoms with van der Waals surface area (Å²) in [5.74, 6) is 0.269. The number of amidine groups is 1. The van der Waals surface area contributed by atoms with Crippen LogP contribution in [0.2, 0.25) is 0 Å².